The largest absolute Gasteiger partial charge is 0.369 e. The van der Waals surface area contributed by atoms with E-state index in [0.717, 1.165) is 48.9 Å². The highest BCUT2D eigenvalue weighted by Gasteiger charge is 2.40. The van der Waals surface area contributed by atoms with E-state index in [1.165, 1.54) is 28.7 Å². The van der Waals surface area contributed by atoms with Crippen LogP contribution >= 0.6 is 11.3 Å². The molecule has 0 bridgehead atoms. The summed E-state index contributed by atoms with van der Waals surface area (Å²) in [4.78, 5) is 10.0. The second kappa shape index (κ2) is 15.3. The van der Waals surface area contributed by atoms with Gasteiger partial charge in [-0.1, -0.05) is 114 Å². The molecule has 3 heterocycles. The van der Waals surface area contributed by atoms with Gasteiger partial charge in [0.2, 0.25) is 0 Å². The first-order valence-corrected chi connectivity index (χ1v) is 17.4. The SMILES string of the molecule is c1ccc(COC2[C@@H](OCc3ccccc3)CN(C[C@H]3CCCN(c4nc5ccccc5s4)C3)C[C@H]2OCc2ccccc2)cc1. The second-order valence-corrected chi connectivity index (χ2v) is 13.6. The predicted molar refractivity (Wildman–Crippen MR) is 186 cm³/mol. The fraction of sp³-hybridized carbons (Fsp3) is 0.359. The number of hydrogen-bond acceptors (Lipinski definition) is 7. The molecule has 0 spiro atoms. The lowest BCUT2D eigenvalue weighted by atomic mass is 9.94. The molecule has 7 heteroatoms. The van der Waals surface area contributed by atoms with Crippen molar-refractivity contribution in [2.45, 2.75) is 51.0 Å². The van der Waals surface area contributed by atoms with Crippen molar-refractivity contribution < 1.29 is 14.2 Å². The van der Waals surface area contributed by atoms with Gasteiger partial charge in [0.15, 0.2) is 5.13 Å². The van der Waals surface area contributed by atoms with E-state index in [1.807, 2.05) is 29.5 Å². The average molecular weight is 634 g/mol. The number of nitrogens with zero attached hydrogens (tertiary/aromatic N) is 3. The van der Waals surface area contributed by atoms with Gasteiger partial charge in [0.05, 0.1) is 42.2 Å². The zero-order chi connectivity index (χ0) is 31.0. The Morgan fingerprint density at radius 1 is 0.630 bits per heavy atom. The van der Waals surface area contributed by atoms with Gasteiger partial charge in [-0.15, -0.1) is 0 Å². The van der Waals surface area contributed by atoms with E-state index in [0.29, 0.717) is 25.7 Å². The number of piperidine rings is 2. The summed E-state index contributed by atoms with van der Waals surface area (Å²) in [6.07, 6.45) is 1.97. The summed E-state index contributed by atoms with van der Waals surface area (Å²) in [6.45, 7) is 6.34. The maximum Gasteiger partial charge on any atom is 0.186 e. The van der Waals surface area contributed by atoms with Crippen LogP contribution in [0.5, 0.6) is 0 Å². The van der Waals surface area contributed by atoms with Crippen molar-refractivity contribution in [3.8, 4) is 0 Å². The molecule has 0 aliphatic carbocycles. The first-order valence-electron chi connectivity index (χ1n) is 16.6. The van der Waals surface area contributed by atoms with Crippen molar-refractivity contribution in [2.24, 2.45) is 5.92 Å². The van der Waals surface area contributed by atoms with Gasteiger partial charge in [-0.05, 0) is 47.6 Å². The minimum Gasteiger partial charge on any atom is -0.369 e. The number of hydrogen-bond donors (Lipinski definition) is 0. The lowest BCUT2D eigenvalue weighted by molar-refractivity contribution is -0.185. The van der Waals surface area contributed by atoms with Crippen molar-refractivity contribution in [3.05, 3.63) is 132 Å². The highest BCUT2D eigenvalue weighted by Crippen LogP contribution is 2.32. The maximum absolute atomic E-state index is 6.73. The van der Waals surface area contributed by atoms with Gasteiger partial charge in [0.1, 0.15) is 6.10 Å². The molecule has 4 aromatic carbocycles. The maximum atomic E-state index is 6.73. The topological polar surface area (TPSA) is 47.1 Å². The number of fused-ring (bicyclic) bond motifs is 1. The Labute approximate surface area is 276 Å². The molecule has 0 amide bonds. The van der Waals surface area contributed by atoms with E-state index in [-0.39, 0.29) is 18.3 Å². The first-order chi connectivity index (χ1) is 22.8. The average Bonchev–Trinajstić information content (AvgIpc) is 3.55. The van der Waals surface area contributed by atoms with E-state index in [2.05, 4.69) is 107 Å². The summed E-state index contributed by atoms with van der Waals surface area (Å²) in [5.74, 6) is 0.548. The van der Waals surface area contributed by atoms with Crippen molar-refractivity contribution in [2.75, 3.05) is 37.6 Å². The smallest absolute Gasteiger partial charge is 0.186 e. The first kappa shape index (κ1) is 31.0. The molecule has 0 N–H and O–H groups in total. The monoisotopic (exact) mass is 633 g/mol. The van der Waals surface area contributed by atoms with Gasteiger partial charge in [-0.2, -0.15) is 0 Å². The summed E-state index contributed by atoms with van der Waals surface area (Å²) in [6, 6.07) is 39.8. The third-order valence-corrected chi connectivity index (χ3v) is 10.2. The van der Waals surface area contributed by atoms with E-state index < -0.39 is 0 Å². The number of likely N-dealkylation sites (tertiary alicyclic amines) is 1. The Bertz CT molecular complexity index is 1550. The van der Waals surface area contributed by atoms with Crippen molar-refractivity contribution in [1.82, 2.24) is 9.88 Å². The molecule has 5 aromatic rings. The highest BCUT2D eigenvalue weighted by atomic mass is 32.1. The molecule has 2 aliphatic heterocycles. The van der Waals surface area contributed by atoms with Crippen molar-refractivity contribution in [1.29, 1.82) is 0 Å². The zero-order valence-corrected chi connectivity index (χ0v) is 27.1. The summed E-state index contributed by atoms with van der Waals surface area (Å²) in [5, 5.41) is 1.15. The van der Waals surface area contributed by atoms with Gasteiger partial charge >= 0.3 is 0 Å². The number of ether oxygens (including phenoxy) is 3. The van der Waals surface area contributed by atoms with Crippen LogP contribution in [0.25, 0.3) is 10.2 Å². The third kappa shape index (κ3) is 8.03. The fourth-order valence-corrected chi connectivity index (χ4v) is 7.76. The van der Waals surface area contributed by atoms with E-state index in [4.69, 9.17) is 19.2 Å². The van der Waals surface area contributed by atoms with Crippen LogP contribution in [0.3, 0.4) is 0 Å². The van der Waals surface area contributed by atoms with Crippen LogP contribution in [0.4, 0.5) is 5.13 Å². The molecular formula is C39H43N3O3S. The Balaban J connectivity index is 1.08. The van der Waals surface area contributed by atoms with Crippen LogP contribution in [0.2, 0.25) is 0 Å². The lowest BCUT2D eigenvalue weighted by Gasteiger charge is -2.45. The van der Waals surface area contributed by atoms with E-state index in [9.17, 15) is 0 Å². The van der Waals surface area contributed by atoms with Crippen LogP contribution in [0.15, 0.2) is 115 Å². The molecule has 2 fully saturated rings. The van der Waals surface area contributed by atoms with Crippen LogP contribution in [0, 0.1) is 5.92 Å². The summed E-state index contributed by atoms with van der Waals surface area (Å²) in [7, 11) is 0. The number of thiazole rings is 1. The molecule has 1 unspecified atom stereocenters. The number of aromatic nitrogens is 1. The standard InChI is InChI=1S/C39H43N3O3S/c1-4-13-30(14-5-1)27-43-35-25-41(23-33-19-12-22-42(24-33)39-40-34-20-10-11-21-37(34)46-39)26-36(44-28-31-15-6-2-7-16-31)38(35)45-29-32-17-8-3-9-18-32/h1-11,13-18,20-21,33,35-36,38H,12,19,22-29H2/t33-,35-,36+,38?/m1/s1. The van der Waals surface area contributed by atoms with Crippen LogP contribution < -0.4 is 4.90 Å². The minimum atomic E-state index is -0.186. The number of para-hydroxylation sites is 1. The molecule has 2 aliphatic rings. The molecule has 46 heavy (non-hydrogen) atoms. The minimum absolute atomic E-state index is 0.123. The Morgan fingerprint density at radius 2 is 1.17 bits per heavy atom. The molecular weight excluding hydrogens is 591 g/mol. The molecule has 0 saturated carbocycles. The summed E-state index contributed by atoms with van der Waals surface area (Å²) < 4.78 is 21.4. The number of anilines is 1. The van der Waals surface area contributed by atoms with Gasteiger partial charge in [0.25, 0.3) is 0 Å². The molecule has 0 radical (unpaired) electrons. The van der Waals surface area contributed by atoms with Gasteiger partial charge in [-0.3, -0.25) is 4.90 Å². The van der Waals surface area contributed by atoms with E-state index >= 15 is 0 Å². The highest BCUT2D eigenvalue weighted by molar-refractivity contribution is 7.22. The zero-order valence-electron chi connectivity index (χ0n) is 26.3. The van der Waals surface area contributed by atoms with Gasteiger partial charge in [0, 0.05) is 32.7 Å². The second-order valence-electron chi connectivity index (χ2n) is 12.6. The van der Waals surface area contributed by atoms with E-state index in [1.54, 1.807) is 0 Å². The molecule has 6 nitrogen and oxygen atoms in total. The lowest BCUT2D eigenvalue weighted by Crippen LogP contribution is -2.59. The van der Waals surface area contributed by atoms with Crippen molar-refractivity contribution in [3.63, 3.8) is 0 Å². The fourth-order valence-electron chi connectivity index (χ4n) is 6.76. The Morgan fingerprint density at radius 3 is 1.76 bits per heavy atom. The van der Waals surface area contributed by atoms with Gasteiger partial charge < -0.3 is 19.1 Å². The van der Waals surface area contributed by atoms with Crippen LogP contribution in [-0.2, 0) is 34.0 Å². The molecule has 4 atom stereocenters. The number of benzene rings is 4. The van der Waals surface area contributed by atoms with Gasteiger partial charge in [-0.25, -0.2) is 4.98 Å². The van der Waals surface area contributed by atoms with Crippen LogP contribution in [0.1, 0.15) is 29.5 Å². The third-order valence-electron chi connectivity index (χ3n) is 9.10. The molecule has 7 rings (SSSR count). The normalized spacial score (nSPS) is 22.3. The quantitative estimate of drug-likeness (QED) is 0.141. The predicted octanol–water partition coefficient (Wildman–Crippen LogP) is 7.58. The molecule has 238 valence electrons. The number of rotatable bonds is 12. The Hall–Kier alpha value is -3.59. The molecule has 2 saturated heterocycles. The van der Waals surface area contributed by atoms with Crippen LogP contribution in [-0.4, -0.2) is 60.9 Å². The molecule has 1 aromatic heterocycles. The summed E-state index contributed by atoms with van der Waals surface area (Å²) >= 11 is 1.81. The Kier molecular flexibility index (Phi) is 10.3. The summed E-state index contributed by atoms with van der Waals surface area (Å²) in [5.41, 5.74) is 4.59. The van der Waals surface area contributed by atoms with Crippen molar-refractivity contribution >= 4 is 26.7 Å².